The minimum Gasteiger partial charge on any atom is -0.391 e. The summed E-state index contributed by atoms with van der Waals surface area (Å²) in [6.07, 6.45) is 6.17. The molecular formula is C24H24FN3O4. The van der Waals surface area contributed by atoms with Crippen LogP contribution >= 0.6 is 0 Å². The molecule has 1 saturated carbocycles. The number of fused-ring (bicyclic) bond motifs is 1. The molecule has 0 radical (unpaired) electrons. The number of imide groups is 1. The summed E-state index contributed by atoms with van der Waals surface area (Å²) in [6.45, 7) is 0.761. The van der Waals surface area contributed by atoms with Crippen molar-refractivity contribution in [1.82, 2.24) is 9.88 Å². The molecule has 1 aliphatic carbocycles. The summed E-state index contributed by atoms with van der Waals surface area (Å²) in [5.41, 5.74) is 2.01. The third-order valence-corrected chi connectivity index (χ3v) is 6.83. The highest BCUT2D eigenvalue weighted by molar-refractivity contribution is 6.16. The zero-order valence-corrected chi connectivity index (χ0v) is 17.7. The molecule has 1 saturated heterocycles. The molecule has 166 valence electrons. The standard InChI is InChI=1S/C24H24FN3O4/c25-18-4-3-17-15-27(10-7-16(17)11-18)23(31)32-20-6-5-19(14-26-20)28-21(29)12-24(13-22(28)30)8-1-2-9-24/h3-6,11,14H,1-2,7-10,12-13,15H2. The Morgan fingerprint density at radius 2 is 1.78 bits per heavy atom. The van der Waals surface area contributed by atoms with E-state index in [1.165, 1.54) is 34.2 Å². The maximum absolute atomic E-state index is 13.4. The molecule has 1 spiro atoms. The Kier molecular flexibility index (Phi) is 5.15. The number of carbonyl (C=O) groups excluding carboxylic acids is 3. The second-order valence-corrected chi connectivity index (χ2v) is 8.99. The Balaban J connectivity index is 1.23. The number of amides is 3. The second-order valence-electron chi connectivity index (χ2n) is 8.99. The highest BCUT2D eigenvalue weighted by atomic mass is 19.1. The summed E-state index contributed by atoms with van der Waals surface area (Å²) in [5.74, 6) is -0.586. The summed E-state index contributed by atoms with van der Waals surface area (Å²) in [6, 6.07) is 7.62. The maximum Gasteiger partial charge on any atom is 0.416 e. The molecule has 0 atom stereocenters. The summed E-state index contributed by atoms with van der Waals surface area (Å²) in [4.78, 5) is 44.9. The average Bonchev–Trinajstić information content (AvgIpc) is 3.21. The fraction of sp³-hybridized carbons (Fsp3) is 0.417. The molecule has 1 aromatic carbocycles. The topological polar surface area (TPSA) is 79.8 Å². The number of hydrogen-bond donors (Lipinski definition) is 0. The maximum atomic E-state index is 13.4. The van der Waals surface area contributed by atoms with Gasteiger partial charge in [0.25, 0.3) is 0 Å². The first-order chi connectivity index (χ1) is 15.4. The van der Waals surface area contributed by atoms with Gasteiger partial charge in [0.1, 0.15) is 5.82 Å². The third kappa shape index (κ3) is 3.85. The first kappa shape index (κ1) is 20.6. The van der Waals surface area contributed by atoms with E-state index in [1.54, 1.807) is 12.1 Å². The van der Waals surface area contributed by atoms with E-state index < -0.39 is 6.09 Å². The van der Waals surface area contributed by atoms with Crippen molar-refractivity contribution in [1.29, 1.82) is 0 Å². The smallest absolute Gasteiger partial charge is 0.391 e. The van der Waals surface area contributed by atoms with Crippen molar-refractivity contribution in [3.63, 3.8) is 0 Å². The van der Waals surface area contributed by atoms with E-state index in [9.17, 15) is 18.8 Å². The SMILES string of the molecule is O=C(Oc1ccc(N2C(=O)CC3(CCCC3)CC2=O)cn1)N1CCc2cc(F)ccc2C1. The Hall–Kier alpha value is -3.29. The van der Waals surface area contributed by atoms with Gasteiger partial charge in [-0.05, 0) is 54.0 Å². The van der Waals surface area contributed by atoms with Crippen molar-refractivity contribution < 1.29 is 23.5 Å². The lowest BCUT2D eigenvalue weighted by Gasteiger charge is -2.37. The molecule has 32 heavy (non-hydrogen) atoms. The summed E-state index contributed by atoms with van der Waals surface area (Å²) in [7, 11) is 0. The van der Waals surface area contributed by atoms with Gasteiger partial charge in [-0.3, -0.25) is 9.59 Å². The number of carbonyl (C=O) groups is 3. The number of benzene rings is 1. The summed E-state index contributed by atoms with van der Waals surface area (Å²) < 4.78 is 18.7. The number of aromatic nitrogens is 1. The largest absolute Gasteiger partial charge is 0.416 e. The lowest BCUT2D eigenvalue weighted by atomic mass is 9.76. The van der Waals surface area contributed by atoms with E-state index in [0.717, 1.165) is 36.8 Å². The molecule has 2 fully saturated rings. The number of hydrogen-bond acceptors (Lipinski definition) is 5. The number of piperidine rings is 1. The van der Waals surface area contributed by atoms with Gasteiger partial charge in [-0.25, -0.2) is 19.1 Å². The van der Waals surface area contributed by atoms with Crippen LogP contribution in [0.4, 0.5) is 14.9 Å². The molecule has 2 aromatic rings. The molecular weight excluding hydrogens is 413 g/mol. The van der Waals surface area contributed by atoms with Gasteiger partial charge >= 0.3 is 6.09 Å². The minimum absolute atomic E-state index is 0.0906. The molecule has 7 nitrogen and oxygen atoms in total. The number of halogens is 1. The fourth-order valence-corrected chi connectivity index (χ4v) is 5.16. The predicted octanol–water partition coefficient (Wildman–Crippen LogP) is 3.99. The predicted molar refractivity (Wildman–Crippen MR) is 113 cm³/mol. The zero-order chi connectivity index (χ0) is 22.3. The summed E-state index contributed by atoms with van der Waals surface area (Å²) >= 11 is 0. The van der Waals surface area contributed by atoms with Crippen LogP contribution in [0.1, 0.15) is 49.7 Å². The molecule has 3 aliphatic rings. The first-order valence-electron chi connectivity index (χ1n) is 11.0. The van der Waals surface area contributed by atoms with E-state index in [-0.39, 0.29) is 28.9 Å². The van der Waals surface area contributed by atoms with E-state index in [0.29, 0.717) is 38.0 Å². The van der Waals surface area contributed by atoms with Gasteiger partial charge < -0.3 is 9.64 Å². The van der Waals surface area contributed by atoms with Crippen molar-refractivity contribution in [2.75, 3.05) is 11.4 Å². The van der Waals surface area contributed by atoms with Crippen molar-refractivity contribution in [3.05, 3.63) is 53.5 Å². The monoisotopic (exact) mass is 437 g/mol. The van der Waals surface area contributed by atoms with Crippen LogP contribution in [-0.4, -0.2) is 34.3 Å². The van der Waals surface area contributed by atoms with Crippen molar-refractivity contribution >= 4 is 23.6 Å². The normalized spacial score (nSPS) is 19.9. The Morgan fingerprint density at radius 3 is 2.47 bits per heavy atom. The van der Waals surface area contributed by atoms with E-state index >= 15 is 0 Å². The molecule has 3 heterocycles. The van der Waals surface area contributed by atoms with Crippen LogP contribution in [0, 0.1) is 11.2 Å². The molecule has 3 amide bonds. The number of anilines is 1. The summed E-state index contributed by atoms with van der Waals surface area (Å²) in [5, 5.41) is 0. The van der Waals surface area contributed by atoms with Crippen molar-refractivity contribution in [2.24, 2.45) is 5.41 Å². The highest BCUT2D eigenvalue weighted by Gasteiger charge is 2.45. The van der Waals surface area contributed by atoms with Gasteiger partial charge in [0.15, 0.2) is 0 Å². The van der Waals surface area contributed by atoms with Crippen LogP contribution in [0.2, 0.25) is 0 Å². The van der Waals surface area contributed by atoms with Crippen molar-refractivity contribution in [3.8, 4) is 5.88 Å². The Morgan fingerprint density at radius 1 is 1.03 bits per heavy atom. The molecule has 0 N–H and O–H groups in total. The average molecular weight is 437 g/mol. The number of nitrogens with zero attached hydrogens (tertiary/aromatic N) is 3. The number of pyridine rings is 1. The van der Waals surface area contributed by atoms with Crippen LogP contribution in [0.15, 0.2) is 36.5 Å². The van der Waals surface area contributed by atoms with E-state index in [4.69, 9.17) is 4.74 Å². The molecule has 5 rings (SSSR count). The number of ether oxygens (including phenoxy) is 1. The van der Waals surface area contributed by atoms with Crippen LogP contribution in [0.5, 0.6) is 5.88 Å². The molecule has 1 aromatic heterocycles. The van der Waals surface area contributed by atoms with Gasteiger partial charge in [0.05, 0.1) is 11.9 Å². The van der Waals surface area contributed by atoms with Gasteiger partial charge in [-0.15, -0.1) is 0 Å². The zero-order valence-electron chi connectivity index (χ0n) is 17.7. The van der Waals surface area contributed by atoms with E-state index in [2.05, 4.69) is 4.98 Å². The molecule has 0 unspecified atom stereocenters. The second kappa shape index (κ2) is 8.00. The fourth-order valence-electron chi connectivity index (χ4n) is 5.16. The van der Waals surface area contributed by atoms with Crippen molar-refractivity contribution in [2.45, 2.75) is 51.5 Å². The minimum atomic E-state index is -0.548. The number of rotatable bonds is 2. The highest BCUT2D eigenvalue weighted by Crippen LogP contribution is 2.47. The van der Waals surface area contributed by atoms with E-state index in [1.807, 2.05) is 0 Å². The van der Waals surface area contributed by atoms with Gasteiger partial charge in [0, 0.05) is 32.0 Å². The van der Waals surface area contributed by atoms with Crippen LogP contribution in [0.25, 0.3) is 0 Å². The Labute approximate surface area is 185 Å². The molecule has 0 bridgehead atoms. The van der Waals surface area contributed by atoms with Gasteiger partial charge in [-0.2, -0.15) is 0 Å². The molecule has 8 heteroatoms. The Bertz CT molecular complexity index is 1060. The molecule has 2 aliphatic heterocycles. The van der Waals surface area contributed by atoms with Crippen LogP contribution in [-0.2, 0) is 22.6 Å². The van der Waals surface area contributed by atoms with Gasteiger partial charge in [0.2, 0.25) is 17.7 Å². The first-order valence-corrected chi connectivity index (χ1v) is 11.0. The van der Waals surface area contributed by atoms with Crippen LogP contribution in [0.3, 0.4) is 0 Å². The lowest BCUT2D eigenvalue weighted by molar-refractivity contribution is -0.133. The lowest BCUT2D eigenvalue weighted by Crippen LogP contribution is -2.47. The van der Waals surface area contributed by atoms with Gasteiger partial charge in [-0.1, -0.05) is 18.9 Å². The quantitative estimate of drug-likeness (QED) is 0.664. The van der Waals surface area contributed by atoms with Crippen LogP contribution < -0.4 is 9.64 Å². The third-order valence-electron chi connectivity index (χ3n) is 6.83.